The fourth-order valence-electron chi connectivity index (χ4n) is 3.53. The average Bonchev–Trinajstić information content (AvgIpc) is 3.23. The molecule has 0 aliphatic heterocycles. The third-order valence-corrected chi connectivity index (χ3v) is 5.13. The summed E-state index contributed by atoms with van der Waals surface area (Å²) in [7, 11) is 2.37. The third-order valence-electron chi connectivity index (χ3n) is 5.13. The standard InChI is InChI=1S/C23H20N4O5/c1-12-5-8-14(9-6-12)17-19(15-10-7-13(2)11-16(15)21(28)24-17)27-20(23(30)32-4)18(25-26-27)22(29)31-3/h5-11H,1-4H3,(H,24,28). The van der Waals surface area contributed by atoms with Crippen LogP contribution in [0.15, 0.2) is 47.3 Å². The molecule has 0 saturated heterocycles. The number of rotatable bonds is 4. The number of H-pyrrole nitrogens is 1. The molecule has 0 saturated carbocycles. The number of methoxy groups -OCH3 is 2. The lowest BCUT2D eigenvalue weighted by molar-refractivity contribution is 0.0546. The van der Waals surface area contributed by atoms with E-state index in [0.717, 1.165) is 11.1 Å². The topological polar surface area (TPSA) is 116 Å². The second-order valence-electron chi connectivity index (χ2n) is 7.27. The van der Waals surface area contributed by atoms with Crippen molar-refractivity contribution in [3.05, 3.63) is 75.3 Å². The van der Waals surface area contributed by atoms with Crippen LogP contribution < -0.4 is 5.56 Å². The van der Waals surface area contributed by atoms with Gasteiger partial charge in [-0.3, -0.25) is 4.79 Å². The summed E-state index contributed by atoms with van der Waals surface area (Å²) in [5.74, 6) is -1.66. The molecule has 32 heavy (non-hydrogen) atoms. The van der Waals surface area contributed by atoms with Crippen LogP contribution in [-0.4, -0.2) is 46.1 Å². The fourth-order valence-corrected chi connectivity index (χ4v) is 3.53. The second-order valence-corrected chi connectivity index (χ2v) is 7.27. The van der Waals surface area contributed by atoms with Crippen molar-refractivity contribution in [2.24, 2.45) is 0 Å². The summed E-state index contributed by atoms with van der Waals surface area (Å²) >= 11 is 0. The summed E-state index contributed by atoms with van der Waals surface area (Å²) in [5.41, 5.74) is 2.62. The molecule has 4 rings (SSSR count). The minimum absolute atomic E-state index is 0.207. The first-order chi connectivity index (χ1) is 15.3. The first-order valence-electron chi connectivity index (χ1n) is 9.72. The number of aromatic nitrogens is 4. The van der Waals surface area contributed by atoms with E-state index in [9.17, 15) is 14.4 Å². The Kier molecular flexibility index (Phi) is 5.31. The van der Waals surface area contributed by atoms with Crippen LogP contribution in [0.3, 0.4) is 0 Å². The molecule has 0 aliphatic carbocycles. The smallest absolute Gasteiger partial charge is 0.361 e. The third kappa shape index (κ3) is 3.43. The highest BCUT2D eigenvalue weighted by atomic mass is 16.5. The maximum Gasteiger partial charge on any atom is 0.361 e. The van der Waals surface area contributed by atoms with Crippen LogP contribution in [0.1, 0.15) is 32.1 Å². The van der Waals surface area contributed by atoms with Crippen LogP contribution in [0.25, 0.3) is 27.7 Å². The molecule has 0 bridgehead atoms. The minimum atomic E-state index is -0.835. The van der Waals surface area contributed by atoms with Gasteiger partial charge in [-0.05, 0) is 19.9 Å². The lowest BCUT2D eigenvalue weighted by atomic mass is 10.0. The number of nitrogens with one attached hydrogen (secondary N) is 1. The number of carbonyl (C=O) groups excluding carboxylic acids is 2. The number of benzene rings is 2. The lowest BCUT2D eigenvalue weighted by Crippen LogP contribution is -2.18. The van der Waals surface area contributed by atoms with E-state index >= 15 is 0 Å². The van der Waals surface area contributed by atoms with Crippen molar-refractivity contribution < 1.29 is 19.1 Å². The number of esters is 2. The molecule has 162 valence electrons. The normalized spacial score (nSPS) is 10.9. The number of nitrogens with zero attached hydrogens (tertiary/aromatic N) is 3. The molecule has 2 aromatic carbocycles. The fraction of sp³-hybridized carbons (Fsp3) is 0.174. The molecule has 2 heterocycles. The van der Waals surface area contributed by atoms with Gasteiger partial charge < -0.3 is 14.5 Å². The van der Waals surface area contributed by atoms with Crippen LogP contribution in [0, 0.1) is 13.8 Å². The van der Waals surface area contributed by atoms with E-state index in [1.165, 1.54) is 18.9 Å². The molecule has 1 N–H and O–H groups in total. The van der Waals surface area contributed by atoms with Gasteiger partial charge in [-0.25, -0.2) is 14.3 Å². The van der Waals surface area contributed by atoms with E-state index in [4.69, 9.17) is 9.47 Å². The van der Waals surface area contributed by atoms with Crippen molar-refractivity contribution >= 4 is 22.7 Å². The highest BCUT2D eigenvalue weighted by molar-refractivity contribution is 6.03. The Hall–Kier alpha value is -4.27. The predicted octanol–water partition coefficient (Wildman–Crippen LogP) is 2.97. The van der Waals surface area contributed by atoms with Gasteiger partial charge in [0.05, 0.1) is 25.6 Å². The molecular weight excluding hydrogens is 412 g/mol. The summed E-state index contributed by atoms with van der Waals surface area (Å²) in [6, 6.07) is 12.9. The highest BCUT2D eigenvalue weighted by Gasteiger charge is 2.30. The van der Waals surface area contributed by atoms with E-state index in [1.54, 1.807) is 12.1 Å². The molecule has 0 atom stereocenters. The Morgan fingerprint density at radius 2 is 1.56 bits per heavy atom. The van der Waals surface area contributed by atoms with E-state index in [-0.39, 0.29) is 16.9 Å². The van der Waals surface area contributed by atoms with Gasteiger partial charge in [0.25, 0.3) is 5.56 Å². The van der Waals surface area contributed by atoms with Gasteiger partial charge in [0.1, 0.15) is 0 Å². The number of hydrogen-bond acceptors (Lipinski definition) is 7. The summed E-state index contributed by atoms with van der Waals surface area (Å²) in [6.45, 7) is 3.82. The molecule has 4 aromatic rings. The second kappa shape index (κ2) is 8.10. The molecule has 0 spiro atoms. The van der Waals surface area contributed by atoms with Crippen LogP contribution in [0.2, 0.25) is 0 Å². The number of hydrogen-bond donors (Lipinski definition) is 1. The minimum Gasteiger partial charge on any atom is -0.464 e. The number of pyridine rings is 1. The predicted molar refractivity (Wildman–Crippen MR) is 117 cm³/mol. The maximum atomic E-state index is 12.9. The van der Waals surface area contributed by atoms with Crippen LogP contribution in [0.5, 0.6) is 0 Å². The molecule has 0 aliphatic rings. The summed E-state index contributed by atoms with van der Waals surface area (Å²) < 4.78 is 10.8. The lowest BCUT2D eigenvalue weighted by Gasteiger charge is -2.15. The largest absolute Gasteiger partial charge is 0.464 e. The van der Waals surface area contributed by atoms with Gasteiger partial charge >= 0.3 is 11.9 Å². The van der Waals surface area contributed by atoms with Gasteiger partial charge in [-0.1, -0.05) is 52.7 Å². The van der Waals surface area contributed by atoms with Crippen molar-refractivity contribution in [3.8, 4) is 16.9 Å². The number of fused-ring (bicyclic) bond motifs is 1. The SMILES string of the molecule is COC(=O)c1nnn(-c2c(-c3ccc(C)cc3)[nH]c(=O)c3cc(C)ccc23)c1C(=O)OC. The van der Waals surface area contributed by atoms with Crippen molar-refractivity contribution in [3.63, 3.8) is 0 Å². The van der Waals surface area contributed by atoms with Crippen molar-refractivity contribution in [1.29, 1.82) is 0 Å². The molecule has 9 nitrogen and oxygen atoms in total. The van der Waals surface area contributed by atoms with Gasteiger partial charge in [0.15, 0.2) is 5.69 Å². The van der Waals surface area contributed by atoms with Crippen LogP contribution >= 0.6 is 0 Å². The number of carbonyl (C=O) groups is 2. The van der Waals surface area contributed by atoms with Crippen LogP contribution in [-0.2, 0) is 9.47 Å². The Morgan fingerprint density at radius 1 is 0.906 bits per heavy atom. The van der Waals surface area contributed by atoms with E-state index in [2.05, 4.69) is 15.3 Å². The number of aromatic amines is 1. The Balaban J connectivity index is 2.16. The molecule has 0 amide bonds. The number of ether oxygens (including phenoxy) is 2. The van der Waals surface area contributed by atoms with Crippen molar-refractivity contribution in [2.75, 3.05) is 14.2 Å². The molecule has 0 radical (unpaired) electrons. The molecule has 9 heteroatoms. The Morgan fingerprint density at radius 3 is 2.22 bits per heavy atom. The zero-order valence-corrected chi connectivity index (χ0v) is 17.9. The number of aryl methyl sites for hydroxylation is 2. The summed E-state index contributed by atoms with van der Waals surface area (Å²) in [6.07, 6.45) is 0. The van der Waals surface area contributed by atoms with Gasteiger partial charge in [-0.2, -0.15) is 0 Å². The van der Waals surface area contributed by atoms with E-state index < -0.39 is 11.9 Å². The highest BCUT2D eigenvalue weighted by Crippen LogP contribution is 2.31. The van der Waals surface area contributed by atoms with Gasteiger partial charge in [-0.15, -0.1) is 5.10 Å². The Labute approximate surface area is 182 Å². The monoisotopic (exact) mass is 432 g/mol. The molecule has 0 fully saturated rings. The first kappa shape index (κ1) is 21.0. The average molecular weight is 432 g/mol. The van der Waals surface area contributed by atoms with Crippen molar-refractivity contribution in [2.45, 2.75) is 13.8 Å². The molecule has 2 aromatic heterocycles. The zero-order chi connectivity index (χ0) is 23.0. The quantitative estimate of drug-likeness (QED) is 0.493. The van der Waals surface area contributed by atoms with Crippen molar-refractivity contribution in [1.82, 2.24) is 20.0 Å². The van der Waals surface area contributed by atoms with E-state index in [1.807, 2.05) is 44.2 Å². The summed E-state index contributed by atoms with van der Waals surface area (Å²) in [4.78, 5) is 40.8. The van der Waals surface area contributed by atoms with E-state index in [0.29, 0.717) is 27.7 Å². The van der Waals surface area contributed by atoms with Gasteiger partial charge in [0.2, 0.25) is 5.69 Å². The maximum absolute atomic E-state index is 12.9. The molecular formula is C23H20N4O5. The summed E-state index contributed by atoms with van der Waals surface area (Å²) in [5, 5.41) is 8.88. The van der Waals surface area contributed by atoms with Gasteiger partial charge in [0, 0.05) is 16.3 Å². The first-order valence-corrected chi connectivity index (χ1v) is 9.72. The van der Waals surface area contributed by atoms with Crippen LogP contribution in [0.4, 0.5) is 0 Å². The Bertz CT molecular complexity index is 1420. The zero-order valence-electron chi connectivity index (χ0n) is 17.9. The molecule has 0 unspecified atom stereocenters.